The highest BCUT2D eigenvalue weighted by atomic mass is 19.1. The zero-order chi connectivity index (χ0) is 13.0. The summed E-state index contributed by atoms with van der Waals surface area (Å²) in [6, 6.07) is 8.14. The van der Waals surface area contributed by atoms with Crippen LogP contribution in [-0.2, 0) is 13.6 Å². The zero-order valence-corrected chi connectivity index (χ0v) is 10.2. The predicted octanol–water partition coefficient (Wildman–Crippen LogP) is 1.38. The number of aliphatic hydroxyl groups excluding tert-OH is 1. The molecule has 2 rings (SSSR count). The topological polar surface area (TPSA) is 50.1 Å². The maximum absolute atomic E-state index is 13.4. The fourth-order valence-electron chi connectivity index (χ4n) is 1.77. The molecule has 1 aromatic carbocycles. The van der Waals surface area contributed by atoms with Crippen molar-refractivity contribution in [1.82, 2.24) is 15.1 Å². The van der Waals surface area contributed by atoms with Gasteiger partial charge in [0, 0.05) is 31.9 Å². The van der Waals surface area contributed by atoms with Gasteiger partial charge in [-0.1, -0.05) is 18.2 Å². The Bertz CT molecular complexity index is 512. The highest BCUT2D eigenvalue weighted by Gasteiger charge is 2.11. The number of nitrogens with zero attached hydrogens (tertiary/aromatic N) is 2. The van der Waals surface area contributed by atoms with Gasteiger partial charge in [0.1, 0.15) is 5.82 Å². The van der Waals surface area contributed by atoms with Crippen molar-refractivity contribution in [3.8, 4) is 0 Å². The smallest absolute Gasteiger partial charge is 0.129 e. The van der Waals surface area contributed by atoms with E-state index in [1.165, 1.54) is 6.07 Å². The molecule has 0 spiro atoms. The number of aryl methyl sites for hydroxylation is 1. The fourth-order valence-corrected chi connectivity index (χ4v) is 1.77. The van der Waals surface area contributed by atoms with E-state index in [0.717, 1.165) is 5.69 Å². The Morgan fingerprint density at radius 2 is 2.17 bits per heavy atom. The lowest BCUT2D eigenvalue weighted by Gasteiger charge is -2.13. The molecule has 1 heterocycles. The summed E-state index contributed by atoms with van der Waals surface area (Å²) in [5.74, 6) is -0.382. The fraction of sp³-hybridized carbons (Fsp3) is 0.308. The van der Waals surface area contributed by atoms with Crippen LogP contribution in [0, 0.1) is 5.82 Å². The standard InChI is InChI=1S/C13H16FN3O/c1-17-10(6-7-16-17)8-15-9-13(18)11-4-2-3-5-12(11)14/h2-7,13,15,18H,8-9H2,1H3. The van der Waals surface area contributed by atoms with Gasteiger partial charge in [-0.2, -0.15) is 5.10 Å². The molecule has 0 saturated heterocycles. The molecule has 0 saturated carbocycles. The summed E-state index contributed by atoms with van der Waals surface area (Å²) in [4.78, 5) is 0. The molecule has 1 atom stereocenters. The van der Waals surface area contributed by atoms with Gasteiger partial charge in [0.2, 0.25) is 0 Å². The molecule has 5 heteroatoms. The highest BCUT2D eigenvalue weighted by molar-refractivity contribution is 5.20. The lowest BCUT2D eigenvalue weighted by molar-refractivity contribution is 0.169. The number of halogens is 1. The second-order valence-corrected chi connectivity index (χ2v) is 4.11. The molecule has 96 valence electrons. The van der Waals surface area contributed by atoms with Gasteiger partial charge >= 0.3 is 0 Å². The van der Waals surface area contributed by atoms with Crippen molar-refractivity contribution in [3.05, 3.63) is 53.6 Å². The largest absolute Gasteiger partial charge is 0.387 e. The minimum Gasteiger partial charge on any atom is -0.387 e. The van der Waals surface area contributed by atoms with Crippen molar-refractivity contribution in [2.45, 2.75) is 12.6 Å². The second kappa shape index (κ2) is 5.75. The van der Waals surface area contributed by atoms with Crippen LogP contribution < -0.4 is 5.32 Å². The van der Waals surface area contributed by atoms with Crippen molar-refractivity contribution >= 4 is 0 Å². The summed E-state index contributed by atoms with van der Waals surface area (Å²) in [5, 5.41) is 17.0. The molecule has 0 aliphatic heterocycles. The number of nitrogens with one attached hydrogen (secondary N) is 1. The van der Waals surface area contributed by atoms with E-state index >= 15 is 0 Å². The average Bonchev–Trinajstić information content (AvgIpc) is 2.75. The van der Waals surface area contributed by atoms with E-state index in [-0.39, 0.29) is 5.82 Å². The molecular formula is C13H16FN3O. The second-order valence-electron chi connectivity index (χ2n) is 4.11. The third-order valence-corrected chi connectivity index (χ3v) is 2.83. The molecule has 1 unspecified atom stereocenters. The molecule has 0 fully saturated rings. The molecule has 4 nitrogen and oxygen atoms in total. The number of rotatable bonds is 5. The average molecular weight is 249 g/mol. The lowest BCUT2D eigenvalue weighted by Crippen LogP contribution is -2.22. The van der Waals surface area contributed by atoms with E-state index in [0.29, 0.717) is 18.7 Å². The van der Waals surface area contributed by atoms with Crippen LogP contribution in [0.5, 0.6) is 0 Å². The van der Waals surface area contributed by atoms with Gasteiger partial charge in [0.25, 0.3) is 0 Å². The van der Waals surface area contributed by atoms with Crippen molar-refractivity contribution in [2.75, 3.05) is 6.54 Å². The molecule has 2 aromatic rings. The third kappa shape index (κ3) is 2.94. The Kier molecular flexibility index (Phi) is 4.07. The van der Waals surface area contributed by atoms with Gasteiger partial charge < -0.3 is 10.4 Å². The molecule has 0 aliphatic carbocycles. The van der Waals surface area contributed by atoms with Crippen LogP contribution in [0.25, 0.3) is 0 Å². The number of aliphatic hydroxyl groups is 1. The molecule has 0 bridgehead atoms. The first-order chi connectivity index (χ1) is 8.68. The first-order valence-corrected chi connectivity index (χ1v) is 5.78. The maximum Gasteiger partial charge on any atom is 0.129 e. The Hall–Kier alpha value is -1.72. The van der Waals surface area contributed by atoms with Gasteiger partial charge in [-0.25, -0.2) is 4.39 Å². The van der Waals surface area contributed by atoms with Crippen LogP contribution in [0.4, 0.5) is 4.39 Å². The minimum absolute atomic E-state index is 0.298. The normalized spacial score (nSPS) is 12.6. The molecule has 1 aromatic heterocycles. The molecule has 2 N–H and O–H groups in total. The Morgan fingerprint density at radius 1 is 1.39 bits per heavy atom. The van der Waals surface area contributed by atoms with Crippen LogP contribution in [0.15, 0.2) is 36.5 Å². The van der Waals surface area contributed by atoms with Crippen molar-refractivity contribution in [2.24, 2.45) is 7.05 Å². The third-order valence-electron chi connectivity index (χ3n) is 2.83. The number of hydrogen-bond donors (Lipinski definition) is 2. The summed E-state index contributed by atoms with van der Waals surface area (Å²) < 4.78 is 15.2. The molecule has 0 aliphatic rings. The number of benzene rings is 1. The first kappa shape index (κ1) is 12.7. The van der Waals surface area contributed by atoms with Gasteiger partial charge in [-0.05, 0) is 12.1 Å². The number of aromatic nitrogens is 2. The Labute approximate surface area is 105 Å². The summed E-state index contributed by atoms with van der Waals surface area (Å²) in [5.41, 5.74) is 1.32. The quantitative estimate of drug-likeness (QED) is 0.841. The van der Waals surface area contributed by atoms with Gasteiger partial charge in [-0.15, -0.1) is 0 Å². The maximum atomic E-state index is 13.4. The molecule has 18 heavy (non-hydrogen) atoms. The summed E-state index contributed by atoms with van der Waals surface area (Å²) >= 11 is 0. The SMILES string of the molecule is Cn1nccc1CNCC(O)c1ccccc1F. The molecule has 0 amide bonds. The molecule has 0 radical (unpaired) electrons. The van der Waals surface area contributed by atoms with Gasteiger partial charge in [-0.3, -0.25) is 4.68 Å². The van der Waals surface area contributed by atoms with E-state index in [9.17, 15) is 9.50 Å². The van der Waals surface area contributed by atoms with Crippen LogP contribution in [0.3, 0.4) is 0 Å². The summed E-state index contributed by atoms with van der Waals surface area (Å²) in [6.07, 6.45) is 0.865. The highest BCUT2D eigenvalue weighted by Crippen LogP contribution is 2.15. The number of hydrogen-bond acceptors (Lipinski definition) is 3. The van der Waals surface area contributed by atoms with E-state index in [4.69, 9.17) is 0 Å². The Morgan fingerprint density at radius 3 is 2.83 bits per heavy atom. The van der Waals surface area contributed by atoms with E-state index in [1.807, 2.05) is 13.1 Å². The Balaban J connectivity index is 1.87. The summed E-state index contributed by atoms with van der Waals surface area (Å²) in [7, 11) is 1.85. The van der Waals surface area contributed by atoms with E-state index < -0.39 is 6.10 Å². The minimum atomic E-state index is -0.848. The van der Waals surface area contributed by atoms with E-state index in [1.54, 1.807) is 29.1 Å². The van der Waals surface area contributed by atoms with Crippen molar-refractivity contribution in [3.63, 3.8) is 0 Å². The van der Waals surface area contributed by atoms with Crippen molar-refractivity contribution < 1.29 is 9.50 Å². The van der Waals surface area contributed by atoms with Crippen LogP contribution in [0.2, 0.25) is 0 Å². The van der Waals surface area contributed by atoms with Gasteiger partial charge in [0.05, 0.1) is 11.8 Å². The van der Waals surface area contributed by atoms with Crippen molar-refractivity contribution in [1.29, 1.82) is 0 Å². The van der Waals surface area contributed by atoms with E-state index in [2.05, 4.69) is 10.4 Å². The summed E-state index contributed by atoms with van der Waals surface area (Å²) in [6.45, 7) is 0.883. The zero-order valence-electron chi connectivity index (χ0n) is 10.2. The van der Waals surface area contributed by atoms with Crippen LogP contribution in [0.1, 0.15) is 17.4 Å². The molecular weight excluding hydrogens is 233 g/mol. The first-order valence-electron chi connectivity index (χ1n) is 5.78. The van der Waals surface area contributed by atoms with Crippen LogP contribution in [-0.4, -0.2) is 21.4 Å². The lowest BCUT2D eigenvalue weighted by atomic mass is 10.1. The predicted molar refractivity (Wildman–Crippen MR) is 66.3 cm³/mol. The van der Waals surface area contributed by atoms with Gasteiger partial charge in [0.15, 0.2) is 0 Å². The van der Waals surface area contributed by atoms with Crippen LogP contribution >= 0.6 is 0 Å². The monoisotopic (exact) mass is 249 g/mol.